The average Bonchev–Trinajstić information content (AvgIpc) is 2.58. The molecule has 0 aliphatic carbocycles. The van der Waals surface area contributed by atoms with Gasteiger partial charge in [0.05, 0.1) is 5.56 Å². The number of amides is 2. The average molecular weight is 377 g/mol. The number of nitrogens with zero attached hydrogens (tertiary/aromatic N) is 2. The van der Waals surface area contributed by atoms with Gasteiger partial charge < -0.3 is 14.5 Å². The van der Waals surface area contributed by atoms with E-state index in [2.05, 4.69) is 0 Å². The molecule has 0 spiro atoms. The molecule has 0 atom stereocenters. The van der Waals surface area contributed by atoms with Gasteiger partial charge in [-0.15, -0.1) is 0 Å². The van der Waals surface area contributed by atoms with Crippen LogP contribution in [0.4, 0.5) is 22.8 Å². The SMILES string of the molecule is O=C(Cl)N1CCN(C(=O)OC/C=C/c2ccc(C(F)(F)F)cc2)CC1. The monoisotopic (exact) mass is 376 g/mol. The number of alkyl halides is 3. The Balaban J connectivity index is 1.76. The van der Waals surface area contributed by atoms with Gasteiger partial charge in [0.15, 0.2) is 0 Å². The molecule has 0 saturated carbocycles. The molecule has 1 fully saturated rings. The fourth-order valence-corrected chi connectivity index (χ4v) is 2.41. The number of benzene rings is 1. The van der Waals surface area contributed by atoms with Crippen LogP contribution in [0, 0.1) is 0 Å². The van der Waals surface area contributed by atoms with Gasteiger partial charge in [0, 0.05) is 26.2 Å². The first-order chi connectivity index (χ1) is 11.8. The molecule has 1 aliphatic heterocycles. The summed E-state index contributed by atoms with van der Waals surface area (Å²) in [6.45, 7) is 1.35. The van der Waals surface area contributed by atoms with Crippen LogP contribution in [0.15, 0.2) is 30.3 Å². The molecule has 0 bridgehead atoms. The fraction of sp³-hybridized carbons (Fsp3) is 0.375. The number of piperazine rings is 1. The van der Waals surface area contributed by atoms with Crippen LogP contribution >= 0.6 is 11.6 Å². The number of ether oxygens (including phenoxy) is 1. The topological polar surface area (TPSA) is 49.9 Å². The predicted molar refractivity (Wildman–Crippen MR) is 86.2 cm³/mol. The van der Waals surface area contributed by atoms with E-state index in [9.17, 15) is 22.8 Å². The molecule has 136 valence electrons. The van der Waals surface area contributed by atoms with Crippen LogP contribution in [0.1, 0.15) is 11.1 Å². The van der Waals surface area contributed by atoms with Gasteiger partial charge in [-0.25, -0.2) is 4.79 Å². The highest BCUT2D eigenvalue weighted by Gasteiger charge is 2.29. The standard InChI is InChI=1S/C16H16ClF3N2O3/c17-14(23)21-7-9-22(10-8-21)15(24)25-11-1-2-12-3-5-13(6-4-12)16(18,19)20/h1-6H,7-11H2/b2-1+. The van der Waals surface area contributed by atoms with Crippen LogP contribution in [-0.4, -0.2) is 54.0 Å². The summed E-state index contributed by atoms with van der Waals surface area (Å²) in [5, 5.41) is -0.549. The summed E-state index contributed by atoms with van der Waals surface area (Å²) in [6, 6.07) is 4.65. The Morgan fingerprint density at radius 2 is 1.64 bits per heavy atom. The zero-order valence-corrected chi connectivity index (χ0v) is 13.9. The minimum Gasteiger partial charge on any atom is -0.445 e. The first-order valence-electron chi connectivity index (χ1n) is 7.47. The molecule has 2 amide bonds. The first-order valence-corrected chi connectivity index (χ1v) is 7.85. The molecule has 1 saturated heterocycles. The molecule has 0 N–H and O–H groups in total. The Hall–Kier alpha value is -2.22. The number of carbonyl (C=O) groups excluding carboxylic acids is 2. The lowest BCUT2D eigenvalue weighted by Gasteiger charge is -2.32. The van der Waals surface area contributed by atoms with Gasteiger partial charge in [0.1, 0.15) is 6.61 Å². The lowest BCUT2D eigenvalue weighted by Crippen LogP contribution is -2.49. The minimum absolute atomic E-state index is 0.00545. The maximum absolute atomic E-state index is 12.5. The Morgan fingerprint density at radius 3 is 2.16 bits per heavy atom. The molecule has 1 aromatic rings. The minimum atomic E-state index is -4.37. The summed E-state index contributed by atoms with van der Waals surface area (Å²) in [5.41, 5.74) is -0.149. The molecule has 1 aliphatic rings. The first kappa shape index (κ1) is 19.1. The van der Waals surface area contributed by atoms with E-state index in [1.165, 1.54) is 21.9 Å². The maximum Gasteiger partial charge on any atom is 0.416 e. The third kappa shape index (κ3) is 5.67. The van der Waals surface area contributed by atoms with Crippen molar-refractivity contribution >= 4 is 29.1 Å². The van der Waals surface area contributed by atoms with Crippen LogP contribution in [0.2, 0.25) is 0 Å². The van der Waals surface area contributed by atoms with Crippen LogP contribution in [0.3, 0.4) is 0 Å². The number of carbonyl (C=O) groups is 2. The highest BCUT2D eigenvalue weighted by atomic mass is 35.5. The van der Waals surface area contributed by atoms with Gasteiger partial charge in [-0.3, -0.25) is 4.79 Å². The van der Waals surface area contributed by atoms with E-state index in [1.54, 1.807) is 12.2 Å². The molecule has 2 rings (SSSR count). The number of rotatable bonds is 3. The van der Waals surface area contributed by atoms with Crippen molar-refractivity contribution in [3.05, 3.63) is 41.5 Å². The Labute approximate surface area is 147 Å². The van der Waals surface area contributed by atoms with E-state index in [-0.39, 0.29) is 6.61 Å². The van der Waals surface area contributed by atoms with Gasteiger partial charge in [0.2, 0.25) is 0 Å². The molecule has 1 aromatic carbocycles. The van der Waals surface area contributed by atoms with Crippen molar-refractivity contribution in [3.8, 4) is 0 Å². The largest absolute Gasteiger partial charge is 0.445 e. The van der Waals surface area contributed by atoms with Crippen molar-refractivity contribution in [1.82, 2.24) is 9.80 Å². The number of hydrogen-bond acceptors (Lipinski definition) is 3. The molecule has 5 nitrogen and oxygen atoms in total. The zero-order valence-electron chi connectivity index (χ0n) is 13.1. The summed E-state index contributed by atoms with van der Waals surface area (Å²) < 4.78 is 42.4. The summed E-state index contributed by atoms with van der Waals surface area (Å²) in [7, 11) is 0. The molecule has 0 radical (unpaired) electrons. The lowest BCUT2D eigenvalue weighted by atomic mass is 10.1. The molecular formula is C16H16ClF3N2O3. The third-order valence-corrected chi connectivity index (χ3v) is 3.88. The second-order valence-corrected chi connectivity index (χ2v) is 5.65. The van der Waals surface area contributed by atoms with Gasteiger partial charge in [-0.1, -0.05) is 18.2 Å². The van der Waals surface area contributed by atoms with Crippen LogP contribution in [0.5, 0.6) is 0 Å². The van der Waals surface area contributed by atoms with Crippen molar-refractivity contribution in [3.63, 3.8) is 0 Å². The molecule has 0 aromatic heterocycles. The summed E-state index contributed by atoms with van der Waals surface area (Å²) in [6.07, 6.45) is -1.77. The van der Waals surface area contributed by atoms with Gasteiger partial charge in [-0.2, -0.15) is 13.2 Å². The van der Waals surface area contributed by atoms with E-state index in [0.717, 1.165) is 12.1 Å². The van der Waals surface area contributed by atoms with Gasteiger partial charge in [-0.05, 0) is 35.4 Å². The molecule has 0 unspecified atom stereocenters. The Kier molecular flexibility index (Phi) is 6.30. The highest BCUT2D eigenvalue weighted by Crippen LogP contribution is 2.29. The maximum atomic E-state index is 12.5. The fourth-order valence-electron chi connectivity index (χ4n) is 2.24. The second kappa shape index (κ2) is 8.24. The number of hydrogen-bond donors (Lipinski definition) is 0. The van der Waals surface area contributed by atoms with E-state index < -0.39 is 23.2 Å². The molecular weight excluding hydrogens is 361 g/mol. The van der Waals surface area contributed by atoms with E-state index in [0.29, 0.717) is 31.7 Å². The van der Waals surface area contributed by atoms with Crippen molar-refractivity contribution in [2.75, 3.05) is 32.8 Å². The van der Waals surface area contributed by atoms with Crippen molar-refractivity contribution in [1.29, 1.82) is 0 Å². The summed E-state index contributed by atoms with van der Waals surface area (Å²) >= 11 is 5.36. The third-order valence-electron chi connectivity index (χ3n) is 3.64. The van der Waals surface area contributed by atoms with E-state index >= 15 is 0 Å². The summed E-state index contributed by atoms with van der Waals surface area (Å²) in [5.74, 6) is 0. The highest BCUT2D eigenvalue weighted by molar-refractivity contribution is 6.62. The second-order valence-electron chi connectivity index (χ2n) is 5.33. The zero-order chi connectivity index (χ0) is 18.4. The van der Waals surface area contributed by atoms with Crippen molar-refractivity contribution in [2.45, 2.75) is 6.18 Å². The molecule has 1 heterocycles. The Bertz CT molecular complexity index is 639. The van der Waals surface area contributed by atoms with Crippen molar-refractivity contribution in [2.24, 2.45) is 0 Å². The van der Waals surface area contributed by atoms with Gasteiger partial charge in [0.25, 0.3) is 0 Å². The summed E-state index contributed by atoms with van der Waals surface area (Å²) in [4.78, 5) is 25.7. The molecule has 9 heteroatoms. The quantitative estimate of drug-likeness (QED) is 0.595. The van der Waals surface area contributed by atoms with Crippen LogP contribution < -0.4 is 0 Å². The smallest absolute Gasteiger partial charge is 0.416 e. The lowest BCUT2D eigenvalue weighted by molar-refractivity contribution is -0.137. The van der Waals surface area contributed by atoms with E-state index in [4.69, 9.17) is 16.3 Å². The van der Waals surface area contributed by atoms with Crippen molar-refractivity contribution < 1.29 is 27.5 Å². The van der Waals surface area contributed by atoms with Crippen LogP contribution in [-0.2, 0) is 10.9 Å². The van der Waals surface area contributed by atoms with Crippen LogP contribution in [0.25, 0.3) is 6.08 Å². The van der Waals surface area contributed by atoms with Gasteiger partial charge >= 0.3 is 17.6 Å². The normalized spacial score (nSPS) is 15.5. The molecule has 25 heavy (non-hydrogen) atoms. The number of halogens is 4. The van der Waals surface area contributed by atoms with E-state index in [1.807, 2.05) is 0 Å². The Morgan fingerprint density at radius 1 is 1.08 bits per heavy atom. The predicted octanol–water partition coefficient (Wildman–Crippen LogP) is 3.83.